The fourth-order valence-electron chi connectivity index (χ4n) is 2.28. The minimum atomic E-state index is 0.333. The quantitative estimate of drug-likeness (QED) is 0.882. The van der Waals surface area contributed by atoms with Crippen LogP contribution in [0.3, 0.4) is 0 Å². The van der Waals surface area contributed by atoms with Crippen molar-refractivity contribution >= 4 is 0 Å². The van der Waals surface area contributed by atoms with E-state index >= 15 is 0 Å². The van der Waals surface area contributed by atoms with Crippen LogP contribution in [0.25, 0.3) is 0 Å². The summed E-state index contributed by atoms with van der Waals surface area (Å²) in [6, 6.07) is 11.3. The number of benzene rings is 1. The Morgan fingerprint density at radius 1 is 1.05 bits per heavy atom. The van der Waals surface area contributed by atoms with E-state index in [4.69, 9.17) is 0 Å². The molecule has 2 nitrogen and oxygen atoms in total. The maximum Gasteiger partial charge on any atom is 0.0376 e. The van der Waals surface area contributed by atoms with Crippen LogP contribution in [0, 0.1) is 13.8 Å². The van der Waals surface area contributed by atoms with E-state index in [0.29, 0.717) is 6.04 Å². The zero-order chi connectivity index (χ0) is 13.7. The van der Waals surface area contributed by atoms with Crippen molar-refractivity contribution in [2.75, 3.05) is 6.54 Å². The highest BCUT2D eigenvalue weighted by Gasteiger charge is 2.11. The van der Waals surface area contributed by atoms with Gasteiger partial charge in [0.2, 0.25) is 0 Å². The Balaban J connectivity index is 2.18. The predicted octanol–water partition coefficient (Wildman–Crippen LogP) is 3.59. The highest BCUT2D eigenvalue weighted by Crippen LogP contribution is 2.19. The molecule has 0 saturated carbocycles. The summed E-state index contributed by atoms with van der Waals surface area (Å²) in [5, 5.41) is 3.55. The summed E-state index contributed by atoms with van der Waals surface area (Å²) >= 11 is 0. The van der Waals surface area contributed by atoms with Gasteiger partial charge in [-0.1, -0.05) is 42.8 Å². The number of aromatic nitrogens is 1. The minimum absolute atomic E-state index is 0.333. The molecule has 0 fully saturated rings. The van der Waals surface area contributed by atoms with Crippen molar-refractivity contribution in [1.82, 2.24) is 10.3 Å². The second kappa shape index (κ2) is 6.48. The number of likely N-dealkylation sites (N-methyl/N-ethyl adjacent to an activating group) is 1. The number of nitrogens with one attached hydrogen (secondary N) is 1. The lowest BCUT2D eigenvalue weighted by molar-refractivity contribution is 0.548. The van der Waals surface area contributed by atoms with Gasteiger partial charge in [-0.05, 0) is 43.5 Å². The van der Waals surface area contributed by atoms with Gasteiger partial charge in [0, 0.05) is 18.4 Å². The summed E-state index contributed by atoms with van der Waals surface area (Å²) < 4.78 is 0. The first-order valence-electron chi connectivity index (χ1n) is 6.89. The van der Waals surface area contributed by atoms with Crippen LogP contribution < -0.4 is 5.32 Å². The van der Waals surface area contributed by atoms with Gasteiger partial charge in [-0.2, -0.15) is 0 Å². The molecule has 0 bridgehead atoms. The van der Waals surface area contributed by atoms with Gasteiger partial charge >= 0.3 is 0 Å². The van der Waals surface area contributed by atoms with E-state index in [-0.39, 0.29) is 0 Å². The first-order valence-corrected chi connectivity index (χ1v) is 6.89. The molecular formula is C17H22N2. The summed E-state index contributed by atoms with van der Waals surface area (Å²) in [5.41, 5.74) is 5.14. The van der Waals surface area contributed by atoms with E-state index in [0.717, 1.165) is 13.0 Å². The van der Waals surface area contributed by atoms with Crippen LogP contribution in [0.1, 0.15) is 35.2 Å². The third kappa shape index (κ3) is 3.90. The van der Waals surface area contributed by atoms with E-state index < -0.39 is 0 Å². The second-order valence-corrected chi connectivity index (χ2v) is 5.10. The van der Waals surface area contributed by atoms with Gasteiger partial charge in [-0.25, -0.2) is 0 Å². The van der Waals surface area contributed by atoms with Gasteiger partial charge in [0.15, 0.2) is 0 Å². The van der Waals surface area contributed by atoms with Crippen molar-refractivity contribution in [3.8, 4) is 0 Å². The topological polar surface area (TPSA) is 24.9 Å². The summed E-state index contributed by atoms with van der Waals surface area (Å²) in [4.78, 5) is 4.30. The van der Waals surface area contributed by atoms with Crippen LogP contribution in [-0.4, -0.2) is 11.5 Å². The molecule has 100 valence electrons. The molecule has 1 atom stereocenters. The Labute approximate surface area is 115 Å². The molecule has 1 unspecified atom stereocenters. The van der Waals surface area contributed by atoms with Crippen LogP contribution in [0.15, 0.2) is 42.7 Å². The zero-order valence-corrected chi connectivity index (χ0v) is 12.0. The normalized spacial score (nSPS) is 12.4. The lowest BCUT2D eigenvalue weighted by Crippen LogP contribution is -2.23. The van der Waals surface area contributed by atoms with Crippen molar-refractivity contribution in [1.29, 1.82) is 0 Å². The average Bonchev–Trinajstić information content (AvgIpc) is 2.41. The Morgan fingerprint density at radius 3 is 2.42 bits per heavy atom. The lowest BCUT2D eigenvalue weighted by Gasteiger charge is -2.18. The molecule has 1 N–H and O–H groups in total. The van der Waals surface area contributed by atoms with E-state index in [9.17, 15) is 0 Å². The molecule has 0 saturated heterocycles. The van der Waals surface area contributed by atoms with E-state index in [1.165, 1.54) is 22.3 Å². The van der Waals surface area contributed by atoms with Crippen LogP contribution in [0.2, 0.25) is 0 Å². The van der Waals surface area contributed by atoms with Crippen molar-refractivity contribution < 1.29 is 0 Å². The molecule has 1 aromatic heterocycles. The Morgan fingerprint density at radius 2 is 1.79 bits per heavy atom. The SMILES string of the molecule is CCNC(Cc1ccc(C)cc1)c1cncc(C)c1. The maximum absolute atomic E-state index is 4.30. The van der Waals surface area contributed by atoms with Crippen LogP contribution in [0.4, 0.5) is 0 Å². The van der Waals surface area contributed by atoms with Gasteiger partial charge in [0.25, 0.3) is 0 Å². The number of aryl methyl sites for hydroxylation is 2. The zero-order valence-electron chi connectivity index (χ0n) is 12.0. The Bertz CT molecular complexity index is 517. The smallest absolute Gasteiger partial charge is 0.0376 e. The Kier molecular flexibility index (Phi) is 4.69. The molecule has 1 aromatic carbocycles. The third-order valence-corrected chi connectivity index (χ3v) is 3.31. The third-order valence-electron chi connectivity index (χ3n) is 3.31. The molecule has 0 amide bonds. The number of rotatable bonds is 5. The number of nitrogens with zero attached hydrogens (tertiary/aromatic N) is 1. The van der Waals surface area contributed by atoms with Crippen molar-refractivity contribution in [2.45, 2.75) is 33.2 Å². The Hall–Kier alpha value is -1.67. The fourth-order valence-corrected chi connectivity index (χ4v) is 2.28. The van der Waals surface area contributed by atoms with Gasteiger partial charge in [-0.15, -0.1) is 0 Å². The first kappa shape index (κ1) is 13.8. The molecule has 0 radical (unpaired) electrons. The molecular weight excluding hydrogens is 232 g/mol. The van der Waals surface area contributed by atoms with E-state index in [1.807, 2.05) is 12.4 Å². The van der Waals surface area contributed by atoms with Crippen molar-refractivity contribution in [2.24, 2.45) is 0 Å². The maximum atomic E-state index is 4.30. The van der Waals surface area contributed by atoms with Crippen molar-refractivity contribution in [3.05, 3.63) is 65.0 Å². The molecule has 19 heavy (non-hydrogen) atoms. The highest BCUT2D eigenvalue weighted by atomic mass is 14.9. The molecule has 0 aliphatic heterocycles. The number of pyridine rings is 1. The molecule has 2 rings (SSSR count). The summed E-state index contributed by atoms with van der Waals surface area (Å²) in [6.07, 6.45) is 4.87. The predicted molar refractivity (Wildman–Crippen MR) is 80.3 cm³/mol. The molecule has 0 aliphatic carbocycles. The van der Waals surface area contributed by atoms with E-state index in [1.54, 1.807) is 0 Å². The van der Waals surface area contributed by atoms with E-state index in [2.05, 4.69) is 61.4 Å². The molecule has 0 spiro atoms. The average molecular weight is 254 g/mol. The van der Waals surface area contributed by atoms with Gasteiger partial charge in [0.1, 0.15) is 0 Å². The van der Waals surface area contributed by atoms with Crippen LogP contribution in [0.5, 0.6) is 0 Å². The minimum Gasteiger partial charge on any atom is -0.310 e. The van der Waals surface area contributed by atoms with Gasteiger partial charge < -0.3 is 5.32 Å². The standard InChI is InChI=1S/C17H22N2/c1-4-19-17(16-9-14(3)11-18-12-16)10-15-7-5-13(2)6-8-15/h5-9,11-12,17,19H,4,10H2,1-3H3. The lowest BCUT2D eigenvalue weighted by atomic mass is 9.98. The molecule has 2 heteroatoms. The van der Waals surface area contributed by atoms with Crippen LogP contribution >= 0.6 is 0 Å². The van der Waals surface area contributed by atoms with Gasteiger partial charge in [-0.3, -0.25) is 4.98 Å². The fraction of sp³-hybridized carbons (Fsp3) is 0.353. The van der Waals surface area contributed by atoms with Gasteiger partial charge in [0.05, 0.1) is 0 Å². The summed E-state index contributed by atoms with van der Waals surface area (Å²) in [6.45, 7) is 7.32. The van der Waals surface area contributed by atoms with Crippen LogP contribution in [-0.2, 0) is 6.42 Å². The second-order valence-electron chi connectivity index (χ2n) is 5.10. The largest absolute Gasteiger partial charge is 0.310 e. The van der Waals surface area contributed by atoms with Crippen molar-refractivity contribution in [3.63, 3.8) is 0 Å². The highest BCUT2D eigenvalue weighted by molar-refractivity contribution is 5.26. The number of hydrogen-bond donors (Lipinski definition) is 1. The first-order chi connectivity index (χ1) is 9.19. The molecule has 0 aliphatic rings. The number of hydrogen-bond acceptors (Lipinski definition) is 2. The monoisotopic (exact) mass is 254 g/mol. The summed E-state index contributed by atoms with van der Waals surface area (Å²) in [5.74, 6) is 0. The molecule has 2 aromatic rings. The molecule has 1 heterocycles. The summed E-state index contributed by atoms with van der Waals surface area (Å²) in [7, 11) is 0.